The highest BCUT2D eigenvalue weighted by Crippen LogP contribution is 2.59. The third-order valence-corrected chi connectivity index (χ3v) is 21.0. The van der Waals surface area contributed by atoms with Crippen molar-refractivity contribution in [1.29, 1.82) is 0 Å². The van der Waals surface area contributed by atoms with Crippen molar-refractivity contribution in [3.8, 4) is 0 Å². The van der Waals surface area contributed by atoms with Gasteiger partial charge in [0.05, 0.1) is 22.1 Å². The number of benzene rings is 8. The van der Waals surface area contributed by atoms with E-state index in [1.807, 2.05) is 24.3 Å². The molecule has 8 aromatic rings. The zero-order valence-corrected chi connectivity index (χ0v) is 33.1. The van der Waals surface area contributed by atoms with Gasteiger partial charge >= 0.3 is 0 Å². The monoisotopic (exact) mass is 768 g/mol. The van der Waals surface area contributed by atoms with E-state index in [1.54, 1.807) is 24.3 Å². The van der Waals surface area contributed by atoms with E-state index in [0.29, 0.717) is 9.79 Å². The first-order valence-corrected chi connectivity index (χ1v) is 24.0. The smallest absolute Gasteiger partial charge is 0.206 e. The van der Waals surface area contributed by atoms with Gasteiger partial charge in [-0.2, -0.15) is 0 Å². The predicted molar refractivity (Wildman–Crippen MR) is 236 cm³/mol. The minimum Gasteiger partial charge on any atom is -0.219 e. The number of rotatable bonds is 12. The molecule has 0 aromatic heterocycles. The van der Waals surface area contributed by atoms with Gasteiger partial charge in [0.15, 0.2) is 0 Å². The van der Waals surface area contributed by atoms with Crippen LogP contribution < -0.4 is 31.8 Å². The molecule has 0 saturated heterocycles. The molecule has 0 aliphatic carbocycles. The summed E-state index contributed by atoms with van der Waals surface area (Å²) in [5, 5.41) is 7.76. The molecule has 0 aliphatic heterocycles. The molecule has 0 atom stereocenters. The zero-order chi connectivity index (χ0) is 37.6. The average Bonchev–Trinajstić information content (AvgIpc) is 3.27. The van der Waals surface area contributed by atoms with Crippen molar-refractivity contribution in [2.45, 2.75) is 22.1 Å². The first-order chi connectivity index (χ1) is 27.0. The molecule has 0 amide bonds. The van der Waals surface area contributed by atoms with Gasteiger partial charge in [0.25, 0.3) is 0 Å². The highest BCUT2D eigenvalue weighted by atomic mass is 32.2. The third kappa shape index (κ3) is 7.25. The molecule has 268 valence electrons. The van der Waals surface area contributed by atoms with Crippen molar-refractivity contribution < 1.29 is 8.42 Å². The third-order valence-electron chi connectivity index (χ3n) is 10.5. The summed E-state index contributed by atoms with van der Waals surface area (Å²) >= 11 is 0. The molecule has 0 fully saturated rings. The molecule has 8 aromatic carbocycles. The lowest BCUT2D eigenvalue weighted by atomic mass is 10.2. The van der Waals surface area contributed by atoms with Crippen LogP contribution in [-0.2, 0) is 22.2 Å². The maximum absolute atomic E-state index is 14.2. The number of hydrogen-bond acceptors (Lipinski definition) is 2. The minimum absolute atomic E-state index is 0.298. The highest BCUT2D eigenvalue weighted by molar-refractivity contribution is 7.95. The largest absolute Gasteiger partial charge is 0.219 e. The van der Waals surface area contributed by atoms with E-state index in [2.05, 4.69) is 182 Å². The zero-order valence-electron chi connectivity index (χ0n) is 30.5. The molecule has 0 saturated carbocycles. The summed E-state index contributed by atoms with van der Waals surface area (Å²) < 4.78 is 28.3. The Bertz CT molecular complexity index is 2180. The van der Waals surface area contributed by atoms with Gasteiger partial charge in [0.2, 0.25) is 9.84 Å². The quantitative estimate of drug-likeness (QED) is 0.116. The Morgan fingerprint density at radius 2 is 0.473 bits per heavy atom. The van der Waals surface area contributed by atoms with Crippen LogP contribution in [0.3, 0.4) is 0 Å². The summed E-state index contributed by atoms with van der Waals surface area (Å²) in [7, 11) is -8.01. The molecular formula is C50H42O2P2S+2. The van der Waals surface area contributed by atoms with Gasteiger partial charge in [-0.15, -0.1) is 0 Å². The SMILES string of the molecule is O=S(=O)(c1ccc(C[P+](c2ccccc2)(c2ccccc2)c2ccccc2)cc1)c1ccc(C[P+](c2ccccc2)(c2ccccc2)c2ccccc2)cc1. The normalized spacial score (nSPS) is 11.9. The Hall–Kier alpha value is -5.43. The van der Waals surface area contributed by atoms with Crippen molar-refractivity contribution in [1.82, 2.24) is 0 Å². The lowest BCUT2D eigenvalue weighted by Crippen LogP contribution is -2.32. The lowest BCUT2D eigenvalue weighted by molar-refractivity contribution is 0.596. The Balaban J connectivity index is 1.12. The number of sulfone groups is 1. The summed E-state index contributed by atoms with van der Waals surface area (Å²) in [5.41, 5.74) is 2.20. The van der Waals surface area contributed by atoms with Crippen LogP contribution >= 0.6 is 14.5 Å². The van der Waals surface area contributed by atoms with E-state index < -0.39 is 24.4 Å². The van der Waals surface area contributed by atoms with Gasteiger partial charge in [-0.05, 0) is 108 Å². The molecule has 0 N–H and O–H groups in total. The van der Waals surface area contributed by atoms with Crippen LogP contribution in [0, 0.1) is 0 Å². The second-order valence-corrected chi connectivity index (χ2v) is 22.7. The fourth-order valence-corrected chi connectivity index (χ4v) is 17.5. The maximum atomic E-state index is 14.2. The van der Waals surface area contributed by atoms with Crippen molar-refractivity contribution in [3.63, 3.8) is 0 Å². The minimum atomic E-state index is -3.75. The van der Waals surface area contributed by atoms with E-state index in [1.165, 1.54) is 31.8 Å². The predicted octanol–water partition coefficient (Wildman–Crippen LogP) is 9.51. The Morgan fingerprint density at radius 1 is 0.273 bits per heavy atom. The standard InChI is InChI=1S/C50H42O2P2S/c51-55(52,49-35-31-41(32-36-49)39-53(43-19-7-1-8-20-43,44-21-9-2-10-22-44)45-23-11-3-12-24-45)50-37-33-42(34-38-50)40-54(46-25-13-4-14-26-46,47-27-15-5-16-28-47)48-29-17-6-18-30-48/h1-38H,39-40H2/q+2. The maximum Gasteiger partial charge on any atom is 0.206 e. The first kappa shape index (κ1) is 36.5. The fourth-order valence-electron chi connectivity index (χ4n) is 7.77. The molecule has 0 heterocycles. The van der Waals surface area contributed by atoms with Crippen LogP contribution in [0.15, 0.2) is 240 Å². The van der Waals surface area contributed by atoms with E-state index in [9.17, 15) is 8.42 Å². The van der Waals surface area contributed by atoms with Gasteiger partial charge in [-0.3, -0.25) is 0 Å². The van der Waals surface area contributed by atoms with Crippen molar-refractivity contribution in [2.24, 2.45) is 0 Å². The van der Waals surface area contributed by atoms with Crippen LogP contribution in [0.2, 0.25) is 0 Å². The summed E-state index contributed by atoms with van der Waals surface area (Å²) in [5.74, 6) is 0. The summed E-state index contributed by atoms with van der Waals surface area (Å²) in [6, 6.07) is 79.8. The molecular weight excluding hydrogens is 727 g/mol. The van der Waals surface area contributed by atoms with E-state index in [4.69, 9.17) is 0 Å². The van der Waals surface area contributed by atoms with Crippen molar-refractivity contribution >= 4 is 56.2 Å². The summed E-state index contributed by atoms with van der Waals surface area (Å²) in [6.45, 7) is 0. The molecule has 0 bridgehead atoms. The lowest BCUT2D eigenvalue weighted by Gasteiger charge is -2.28. The van der Waals surface area contributed by atoms with Crippen LogP contribution in [0.1, 0.15) is 11.1 Å². The molecule has 0 spiro atoms. The molecule has 55 heavy (non-hydrogen) atoms. The molecule has 0 aliphatic rings. The highest BCUT2D eigenvalue weighted by Gasteiger charge is 2.46. The average molecular weight is 769 g/mol. The van der Waals surface area contributed by atoms with E-state index >= 15 is 0 Å². The second kappa shape index (κ2) is 16.1. The van der Waals surface area contributed by atoms with Gasteiger partial charge in [0.1, 0.15) is 46.4 Å². The van der Waals surface area contributed by atoms with Gasteiger partial charge in [-0.1, -0.05) is 133 Å². The Kier molecular flexibility index (Phi) is 10.7. The first-order valence-electron chi connectivity index (χ1n) is 18.5. The van der Waals surface area contributed by atoms with Crippen molar-refractivity contribution in [3.05, 3.63) is 242 Å². The fraction of sp³-hybridized carbons (Fsp3) is 0.0400. The van der Waals surface area contributed by atoms with Gasteiger partial charge in [-0.25, -0.2) is 8.42 Å². The summed E-state index contributed by atoms with van der Waals surface area (Å²) in [4.78, 5) is 0.596. The second-order valence-electron chi connectivity index (χ2n) is 13.7. The van der Waals surface area contributed by atoms with E-state index in [0.717, 1.165) is 23.5 Å². The molecule has 0 unspecified atom stereocenters. The molecule has 8 rings (SSSR count). The summed E-state index contributed by atoms with van der Waals surface area (Å²) in [6.07, 6.45) is 1.55. The Morgan fingerprint density at radius 3 is 0.673 bits per heavy atom. The van der Waals surface area contributed by atoms with Crippen LogP contribution in [-0.4, -0.2) is 8.42 Å². The van der Waals surface area contributed by atoms with Crippen LogP contribution in [0.4, 0.5) is 0 Å². The molecule has 5 heteroatoms. The molecule has 2 nitrogen and oxygen atoms in total. The van der Waals surface area contributed by atoms with Gasteiger partial charge in [0, 0.05) is 0 Å². The Labute approximate surface area is 326 Å². The van der Waals surface area contributed by atoms with Gasteiger partial charge < -0.3 is 0 Å². The van der Waals surface area contributed by atoms with E-state index in [-0.39, 0.29) is 0 Å². The van der Waals surface area contributed by atoms with Crippen LogP contribution in [0.25, 0.3) is 0 Å². The topological polar surface area (TPSA) is 34.1 Å². The van der Waals surface area contributed by atoms with Crippen LogP contribution in [0.5, 0.6) is 0 Å². The molecule has 0 radical (unpaired) electrons. The van der Waals surface area contributed by atoms with Crippen molar-refractivity contribution in [2.75, 3.05) is 0 Å². The number of hydrogen-bond donors (Lipinski definition) is 0.